The monoisotopic (exact) mass is 238 g/mol. The van der Waals surface area contributed by atoms with E-state index in [1.165, 1.54) is 5.57 Å². The van der Waals surface area contributed by atoms with Gasteiger partial charge in [0.2, 0.25) is 0 Å². The Labute approximate surface area is 108 Å². The van der Waals surface area contributed by atoms with Gasteiger partial charge in [0.05, 0.1) is 5.70 Å². The summed E-state index contributed by atoms with van der Waals surface area (Å²) in [4.78, 5) is 4.54. The molecule has 0 amide bonds. The van der Waals surface area contributed by atoms with Crippen LogP contribution in [-0.2, 0) is 0 Å². The topological polar surface area (TPSA) is 38.4 Å². The van der Waals surface area contributed by atoms with E-state index >= 15 is 0 Å². The van der Waals surface area contributed by atoms with Gasteiger partial charge >= 0.3 is 0 Å². The standard InChI is InChI=1S/C16H18N2/c17-12-11-16(15-9-5-2-6-10-15)18-13-14-7-3-1-4-8-14/h2-3,5-11,13H,1,4,12,17H2/b16-11-,18-13?. The Kier molecular flexibility index (Phi) is 4.68. The van der Waals surface area contributed by atoms with Gasteiger partial charge in [-0.15, -0.1) is 0 Å². The number of hydrogen-bond donors (Lipinski definition) is 1. The Morgan fingerprint density at radius 3 is 2.72 bits per heavy atom. The van der Waals surface area contributed by atoms with E-state index in [2.05, 4.69) is 23.2 Å². The van der Waals surface area contributed by atoms with Crippen molar-refractivity contribution in [1.82, 2.24) is 0 Å². The van der Waals surface area contributed by atoms with Crippen LogP contribution >= 0.6 is 0 Å². The lowest BCUT2D eigenvalue weighted by Gasteiger charge is -2.03. The smallest absolute Gasteiger partial charge is 0.0674 e. The predicted molar refractivity (Wildman–Crippen MR) is 78.4 cm³/mol. The molecule has 0 spiro atoms. The number of rotatable bonds is 4. The summed E-state index contributed by atoms with van der Waals surface area (Å²) in [5.74, 6) is 0. The molecule has 0 unspecified atom stereocenters. The molecule has 1 aliphatic carbocycles. The number of nitrogens with zero attached hydrogens (tertiary/aromatic N) is 1. The average Bonchev–Trinajstić information content (AvgIpc) is 2.45. The van der Waals surface area contributed by atoms with Gasteiger partial charge in [-0.3, -0.25) is 4.99 Å². The summed E-state index contributed by atoms with van der Waals surface area (Å²) >= 11 is 0. The molecule has 1 aromatic carbocycles. The second-order valence-corrected chi connectivity index (χ2v) is 4.13. The van der Waals surface area contributed by atoms with Crippen LogP contribution in [0.3, 0.4) is 0 Å². The third kappa shape index (κ3) is 3.54. The van der Waals surface area contributed by atoms with E-state index in [1.807, 2.05) is 42.6 Å². The predicted octanol–water partition coefficient (Wildman–Crippen LogP) is 3.33. The summed E-state index contributed by atoms with van der Waals surface area (Å²) in [7, 11) is 0. The Morgan fingerprint density at radius 1 is 1.22 bits per heavy atom. The summed E-state index contributed by atoms with van der Waals surface area (Å²) in [6.07, 6.45) is 12.6. The first-order valence-corrected chi connectivity index (χ1v) is 6.26. The first-order chi connectivity index (χ1) is 8.90. The minimum atomic E-state index is 0.496. The number of aliphatic imine (C=N–C) groups is 1. The van der Waals surface area contributed by atoms with Crippen LogP contribution in [0.4, 0.5) is 0 Å². The van der Waals surface area contributed by atoms with Crippen molar-refractivity contribution in [2.24, 2.45) is 10.7 Å². The van der Waals surface area contributed by atoms with E-state index < -0.39 is 0 Å². The van der Waals surface area contributed by atoms with Gasteiger partial charge in [0.1, 0.15) is 0 Å². The van der Waals surface area contributed by atoms with Gasteiger partial charge in [0.25, 0.3) is 0 Å². The Bertz CT molecular complexity index is 493. The van der Waals surface area contributed by atoms with E-state index in [4.69, 9.17) is 5.73 Å². The van der Waals surface area contributed by atoms with E-state index in [9.17, 15) is 0 Å². The molecule has 0 saturated carbocycles. The van der Waals surface area contributed by atoms with E-state index in [0.29, 0.717) is 6.54 Å². The van der Waals surface area contributed by atoms with Crippen molar-refractivity contribution in [2.45, 2.75) is 12.8 Å². The number of benzene rings is 1. The molecule has 2 heteroatoms. The fraction of sp³-hybridized carbons (Fsp3) is 0.188. The lowest BCUT2D eigenvalue weighted by atomic mass is 10.1. The zero-order valence-corrected chi connectivity index (χ0v) is 10.4. The van der Waals surface area contributed by atoms with E-state index in [-0.39, 0.29) is 0 Å². The molecule has 2 rings (SSSR count). The Hall–Kier alpha value is -1.93. The molecule has 0 aliphatic heterocycles. The van der Waals surface area contributed by atoms with Crippen molar-refractivity contribution in [2.75, 3.05) is 6.54 Å². The van der Waals surface area contributed by atoms with Crippen LogP contribution in [0.25, 0.3) is 5.70 Å². The maximum Gasteiger partial charge on any atom is 0.0674 e. The van der Waals surface area contributed by atoms with Crippen molar-refractivity contribution in [3.63, 3.8) is 0 Å². The molecule has 2 nitrogen and oxygen atoms in total. The van der Waals surface area contributed by atoms with Gasteiger partial charge in [-0.1, -0.05) is 48.6 Å². The fourth-order valence-electron chi connectivity index (χ4n) is 1.84. The zero-order chi connectivity index (χ0) is 12.6. The highest BCUT2D eigenvalue weighted by Gasteiger charge is 1.98. The van der Waals surface area contributed by atoms with Crippen LogP contribution in [-0.4, -0.2) is 12.8 Å². The number of nitrogens with two attached hydrogens (primary N) is 1. The Balaban J connectivity index is 2.17. The first-order valence-electron chi connectivity index (χ1n) is 6.26. The second-order valence-electron chi connectivity index (χ2n) is 4.13. The molecule has 0 saturated heterocycles. The largest absolute Gasteiger partial charge is 0.327 e. The van der Waals surface area contributed by atoms with Gasteiger partial charge in [0, 0.05) is 12.8 Å². The summed E-state index contributed by atoms with van der Waals surface area (Å²) < 4.78 is 0. The molecule has 0 fully saturated rings. The van der Waals surface area contributed by atoms with Crippen LogP contribution in [0.15, 0.2) is 65.2 Å². The minimum Gasteiger partial charge on any atom is -0.327 e. The maximum absolute atomic E-state index is 5.60. The summed E-state index contributed by atoms with van der Waals surface area (Å²) in [5.41, 5.74) is 8.79. The molecule has 18 heavy (non-hydrogen) atoms. The normalized spacial score (nSPS) is 16.1. The number of hydrogen-bond acceptors (Lipinski definition) is 2. The molecular formula is C16H18N2. The van der Waals surface area contributed by atoms with E-state index in [0.717, 1.165) is 24.1 Å². The molecule has 0 aromatic heterocycles. The van der Waals surface area contributed by atoms with Gasteiger partial charge < -0.3 is 5.73 Å². The minimum absolute atomic E-state index is 0.496. The molecule has 1 aromatic rings. The lowest BCUT2D eigenvalue weighted by Crippen LogP contribution is -1.95. The van der Waals surface area contributed by atoms with Crippen molar-refractivity contribution in [1.29, 1.82) is 0 Å². The average molecular weight is 238 g/mol. The van der Waals surface area contributed by atoms with Gasteiger partial charge in [-0.25, -0.2) is 0 Å². The molecule has 2 N–H and O–H groups in total. The third-order valence-corrected chi connectivity index (χ3v) is 2.76. The summed E-state index contributed by atoms with van der Waals surface area (Å²) in [5, 5.41) is 0. The highest BCUT2D eigenvalue weighted by atomic mass is 14.7. The third-order valence-electron chi connectivity index (χ3n) is 2.76. The van der Waals surface area contributed by atoms with Gasteiger partial charge in [0.15, 0.2) is 0 Å². The molecule has 0 atom stereocenters. The molecular weight excluding hydrogens is 220 g/mol. The highest BCUT2D eigenvalue weighted by molar-refractivity contribution is 5.87. The summed E-state index contributed by atoms with van der Waals surface area (Å²) in [6.45, 7) is 0.496. The van der Waals surface area contributed by atoms with Crippen LogP contribution in [0.5, 0.6) is 0 Å². The molecule has 0 radical (unpaired) electrons. The summed E-state index contributed by atoms with van der Waals surface area (Å²) in [6, 6.07) is 10.1. The molecule has 0 heterocycles. The maximum atomic E-state index is 5.60. The molecule has 0 bridgehead atoms. The van der Waals surface area contributed by atoms with Crippen molar-refractivity contribution >= 4 is 11.9 Å². The van der Waals surface area contributed by atoms with Crippen molar-refractivity contribution in [3.8, 4) is 0 Å². The van der Waals surface area contributed by atoms with Gasteiger partial charge in [-0.2, -0.15) is 0 Å². The number of allylic oxidation sites excluding steroid dienone is 4. The van der Waals surface area contributed by atoms with Gasteiger partial charge in [-0.05, 0) is 30.1 Å². The van der Waals surface area contributed by atoms with Crippen LogP contribution in [0.2, 0.25) is 0 Å². The van der Waals surface area contributed by atoms with Crippen molar-refractivity contribution < 1.29 is 0 Å². The van der Waals surface area contributed by atoms with Crippen LogP contribution in [0, 0.1) is 0 Å². The van der Waals surface area contributed by atoms with Crippen LogP contribution < -0.4 is 5.73 Å². The molecule has 92 valence electrons. The SMILES string of the molecule is NC/C=C(\N=CC1=CCCC=C1)c1ccccc1. The lowest BCUT2D eigenvalue weighted by molar-refractivity contribution is 1.03. The first kappa shape index (κ1) is 12.5. The fourth-order valence-corrected chi connectivity index (χ4v) is 1.84. The second kappa shape index (κ2) is 6.72. The highest BCUT2D eigenvalue weighted by Crippen LogP contribution is 2.16. The van der Waals surface area contributed by atoms with Crippen LogP contribution in [0.1, 0.15) is 18.4 Å². The molecule has 1 aliphatic rings. The zero-order valence-electron chi connectivity index (χ0n) is 10.4. The quantitative estimate of drug-likeness (QED) is 0.803. The Morgan fingerprint density at radius 2 is 2.06 bits per heavy atom. The van der Waals surface area contributed by atoms with Crippen molar-refractivity contribution in [3.05, 3.63) is 65.8 Å². The van der Waals surface area contributed by atoms with E-state index in [1.54, 1.807) is 0 Å².